The van der Waals surface area contributed by atoms with Crippen LogP contribution in [0.4, 0.5) is 5.82 Å². The highest BCUT2D eigenvalue weighted by Gasteiger charge is 2.11. The fourth-order valence-electron chi connectivity index (χ4n) is 1.85. The Labute approximate surface area is 118 Å². The lowest BCUT2D eigenvalue weighted by Gasteiger charge is -2.04. The zero-order valence-electron chi connectivity index (χ0n) is 9.85. The lowest BCUT2D eigenvalue weighted by molar-refractivity contribution is 0.102. The van der Waals surface area contributed by atoms with Gasteiger partial charge in [-0.15, -0.1) is 0 Å². The number of rotatable bonds is 2. The number of aromatic nitrogens is 2. The molecule has 0 fully saturated rings. The summed E-state index contributed by atoms with van der Waals surface area (Å²) in [4.78, 5) is 19.3. The van der Waals surface area contributed by atoms with Gasteiger partial charge in [0.05, 0.1) is 4.47 Å². The van der Waals surface area contributed by atoms with E-state index in [9.17, 15) is 4.79 Å². The number of carbonyl (C=O) groups excluding carboxylic acids is 1. The number of fused-ring (bicyclic) bond motifs is 1. The van der Waals surface area contributed by atoms with Crippen molar-refractivity contribution >= 4 is 38.6 Å². The number of benzene rings is 1. The molecule has 0 unspecified atom stereocenters. The van der Waals surface area contributed by atoms with Gasteiger partial charge >= 0.3 is 0 Å². The number of hydrogen-bond acceptors (Lipinski definition) is 2. The summed E-state index contributed by atoms with van der Waals surface area (Å²) in [6.07, 6.45) is 1.63. The van der Waals surface area contributed by atoms with Crippen molar-refractivity contribution in [2.24, 2.45) is 0 Å². The predicted molar refractivity (Wildman–Crippen MR) is 78.2 cm³/mol. The molecule has 2 heterocycles. The van der Waals surface area contributed by atoms with Crippen molar-refractivity contribution in [2.75, 3.05) is 5.32 Å². The molecule has 3 rings (SSSR count). The number of para-hydroxylation sites is 1. The number of nitrogens with one attached hydrogen (secondary N) is 2. The van der Waals surface area contributed by atoms with Crippen molar-refractivity contribution in [3.63, 3.8) is 0 Å². The molecular weight excluding hydrogens is 306 g/mol. The summed E-state index contributed by atoms with van der Waals surface area (Å²) in [6.45, 7) is 0. The molecule has 0 saturated carbocycles. The molecular formula is C14H10BrN3O. The predicted octanol–water partition coefficient (Wildman–Crippen LogP) is 3.58. The third kappa shape index (κ3) is 2.37. The van der Waals surface area contributed by atoms with Gasteiger partial charge in [-0.3, -0.25) is 4.79 Å². The summed E-state index contributed by atoms with van der Waals surface area (Å²) in [5, 5.41) is 3.77. The molecule has 19 heavy (non-hydrogen) atoms. The monoisotopic (exact) mass is 315 g/mol. The molecule has 1 aromatic carbocycles. The average molecular weight is 316 g/mol. The van der Waals surface area contributed by atoms with Crippen LogP contribution in [0.15, 0.2) is 53.1 Å². The number of nitrogens with zero attached hydrogens (tertiary/aromatic N) is 1. The van der Waals surface area contributed by atoms with E-state index in [-0.39, 0.29) is 5.91 Å². The zero-order valence-corrected chi connectivity index (χ0v) is 11.4. The molecule has 0 radical (unpaired) electrons. The van der Waals surface area contributed by atoms with Crippen LogP contribution in [0.3, 0.4) is 0 Å². The van der Waals surface area contributed by atoms with E-state index in [4.69, 9.17) is 0 Å². The summed E-state index contributed by atoms with van der Waals surface area (Å²) >= 11 is 3.34. The first-order chi connectivity index (χ1) is 9.24. The summed E-state index contributed by atoms with van der Waals surface area (Å²) in [5.41, 5.74) is 1.45. The lowest BCUT2D eigenvalue weighted by atomic mass is 10.2. The maximum Gasteiger partial charge on any atom is 0.273 e. The number of pyridine rings is 1. The van der Waals surface area contributed by atoms with Crippen molar-refractivity contribution in [2.45, 2.75) is 0 Å². The quantitative estimate of drug-likeness (QED) is 0.759. The molecule has 2 N–H and O–H groups in total. The van der Waals surface area contributed by atoms with Gasteiger partial charge in [0, 0.05) is 17.1 Å². The average Bonchev–Trinajstić information content (AvgIpc) is 2.85. The second kappa shape index (κ2) is 4.85. The SMILES string of the molecule is O=C(Nc1ncccc1Br)c1cc2ccccc2[nH]1. The zero-order chi connectivity index (χ0) is 13.2. The normalized spacial score (nSPS) is 10.6. The molecule has 4 nitrogen and oxygen atoms in total. The number of carbonyl (C=O) groups is 1. The number of halogens is 1. The van der Waals surface area contributed by atoms with Crippen LogP contribution in [0.25, 0.3) is 10.9 Å². The second-order valence-electron chi connectivity index (χ2n) is 4.06. The Hall–Kier alpha value is -2.14. The Kier molecular flexibility index (Phi) is 3.05. The minimum atomic E-state index is -0.212. The van der Waals surface area contributed by atoms with Crippen molar-refractivity contribution < 1.29 is 4.79 Å². The van der Waals surface area contributed by atoms with Crippen LogP contribution in [-0.2, 0) is 0 Å². The smallest absolute Gasteiger partial charge is 0.273 e. The summed E-state index contributed by atoms with van der Waals surface area (Å²) in [6, 6.07) is 13.2. The van der Waals surface area contributed by atoms with E-state index in [1.54, 1.807) is 12.3 Å². The number of anilines is 1. The highest BCUT2D eigenvalue weighted by Crippen LogP contribution is 2.20. The number of amides is 1. The lowest BCUT2D eigenvalue weighted by Crippen LogP contribution is -2.13. The first-order valence-electron chi connectivity index (χ1n) is 5.73. The van der Waals surface area contributed by atoms with Crippen molar-refractivity contribution in [1.29, 1.82) is 0 Å². The fourth-order valence-corrected chi connectivity index (χ4v) is 2.20. The molecule has 0 spiro atoms. The van der Waals surface area contributed by atoms with Crippen LogP contribution in [0.1, 0.15) is 10.5 Å². The van der Waals surface area contributed by atoms with Gasteiger partial charge in [0.25, 0.3) is 5.91 Å². The Morgan fingerprint density at radius 3 is 2.84 bits per heavy atom. The molecule has 2 aromatic heterocycles. The summed E-state index contributed by atoms with van der Waals surface area (Å²) < 4.78 is 0.750. The van der Waals surface area contributed by atoms with Crippen LogP contribution in [0.5, 0.6) is 0 Å². The van der Waals surface area contributed by atoms with Crippen molar-refractivity contribution in [3.8, 4) is 0 Å². The van der Waals surface area contributed by atoms with Crippen LogP contribution < -0.4 is 5.32 Å². The van der Waals surface area contributed by atoms with Crippen LogP contribution in [0, 0.1) is 0 Å². The van der Waals surface area contributed by atoms with Gasteiger partial charge in [-0.1, -0.05) is 18.2 Å². The van der Waals surface area contributed by atoms with Crippen LogP contribution in [-0.4, -0.2) is 15.9 Å². The molecule has 0 aliphatic carbocycles. The number of H-pyrrole nitrogens is 1. The minimum Gasteiger partial charge on any atom is -0.351 e. The topological polar surface area (TPSA) is 57.8 Å². The van der Waals surface area contributed by atoms with Gasteiger partial charge in [0.2, 0.25) is 0 Å². The molecule has 94 valence electrons. The van der Waals surface area contributed by atoms with Gasteiger partial charge in [-0.25, -0.2) is 4.98 Å². The van der Waals surface area contributed by atoms with Gasteiger partial charge in [-0.2, -0.15) is 0 Å². The van der Waals surface area contributed by atoms with E-state index in [0.717, 1.165) is 15.4 Å². The molecule has 3 aromatic rings. The molecule has 0 saturated heterocycles. The van der Waals surface area contributed by atoms with Gasteiger partial charge in [-0.05, 0) is 40.2 Å². The fraction of sp³-hybridized carbons (Fsp3) is 0. The number of aromatic amines is 1. The standard InChI is InChI=1S/C14H10BrN3O/c15-10-5-3-7-16-13(10)18-14(19)12-8-9-4-1-2-6-11(9)17-12/h1-8,17H,(H,16,18,19). The van der Waals surface area contributed by atoms with Gasteiger partial charge < -0.3 is 10.3 Å². The third-order valence-electron chi connectivity index (χ3n) is 2.77. The highest BCUT2D eigenvalue weighted by molar-refractivity contribution is 9.10. The third-order valence-corrected chi connectivity index (χ3v) is 3.40. The highest BCUT2D eigenvalue weighted by atomic mass is 79.9. The first-order valence-corrected chi connectivity index (χ1v) is 6.53. The molecule has 5 heteroatoms. The second-order valence-corrected chi connectivity index (χ2v) is 4.91. The Balaban J connectivity index is 1.90. The van der Waals surface area contributed by atoms with E-state index in [1.165, 1.54) is 0 Å². The molecule has 0 atom stereocenters. The van der Waals surface area contributed by atoms with Crippen LogP contribution in [0.2, 0.25) is 0 Å². The first kappa shape index (κ1) is 11.9. The van der Waals surface area contributed by atoms with E-state index >= 15 is 0 Å². The maximum absolute atomic E-state index is 12.1. The maximum atomic E-state index is 12.1. The molecule has 0 aliphatic rings. The van der Waals surface area contributed by atoms with Gasteiger partial charge in [0.1, 0.15) is 11.5 Å². The Morgan fingerprint density at radius 2 is 2.05 bits per heavy atom. The largest absolute Gasteiger partial charge is 0.351 e. The summed E-state index contributed by atoms with van der Waals surface area (Å²) in [7, 11) is 0. The van der Waals surface area contributed by atoms with E-state index in [1.807, 2.05) is 36.4 Å². The Bertz CT molecular complexity index is 718. The number of hydrogen-bond donors (Lipinski definition) is 2. The molecule has 0 bridgehead atoms. The van der Waals surface area contributed by atoms with Crippen molar-refractivity contribution in [3.05, 3.63) is 58.8 Å². The minimum absolute atomic E-state index is 0.212. The van der Waals surface area contributed by atoms with Crippen molar-refractivity contribution in [1.82, 2.24) is 9.97 Å². The summed E-state index contributed by atoms with van der Waals surface area (Å²) in [5.74, 6) is 0.293. The molecule has 0 aliphatic heterocycles. The van der Waals surface area contributed by atoms with E-state index in [0.29, 0.717) is 11.5 Å². The van der Waals surface area contributed by atoms with E-state index in [2.05, 4.69) is 31.2 Å². The Morgan fingerprint density at radius 1 is 1.21 bits per heavy atom. The van der Waals surface area contributed by atoms with E-state index < -0.39 is 0 Å². The van der Waals surface area contributed by atoms with Crippen LogP contribution >= 0.6 is 15.9 Å². The molecule has 1 amide bonds. The van der Waals surface area contributed by atoms with Gasteiger partial charge in [0.15, 0.2) is 0 Å².